The number of benzene rings is 2. The van der Waals surface area contributed by atoms with Crippen molar-refractivity contribution >= 4 is 28.4 Å². The van der Waals surface area contributed by atoms with Gasteiger partial charge >= 0.3 is 0 Å². The molecule has 0 aliphatic carbocycles. The third kappa shape index (κ3) is 3.59. The van der Waals surface area contributed by atoms with Gasteiger partial charge < -0.3 is 5.32 Å². The molecule has 0 bridgehead atoms. The molecule has 2 aromatic heterocycles. The Labute approximate surface area is 168 Å². The molecule has 1 N–H and O–H groups in total. The van der Waals surface area contributed by atoms with E-state index in [1.807, 2.05) is 73.7 Å². The number of amides is 1. The van der Waals surface area contributed by atoms with E-state index in [0.717, 1.165) is 22.2 Å². The Hall–Kier alpha value is -3.24. The zero-order valence-corrected chi connectivity index (χ0v) is 16.0. The zero-order valence-electron chi connectivity index (χ0n) is 15.3. The van der Waals surface area contributed by atoms with E-state index in [-0.39, 0.29) is 11.9 Å². The van der Waals surface area contributed by atoms with E-state index in [9.17, 15) is 4.79 Å². The van der Waals surface area contributed by atoms with Gasteiger partial charge in [-0.25, -0.2) is 4.98 Å². The summed E-state index contributed by atoms with van der Waals surface area (Å²) >= 11 is 6.36. The molecule has 0 aliphatic rings. The van der Waals surface area contributed by atoms with Crippen LogP contribution in [-0.2, 0) is 0 Å². The van der Waals surface area contributed by atoms with Gasteiger partial charge in [0.25, 0.3) is 5.91 Å². The molecule has 4 nitrogen and oxygen atoms in total. The molecule has 0 fully saturated rings. The van der Waals surface area contributed by atoms with Crippen LogP contribution in [0.1, 0.15) is 29.0 Å². The van der Waals surface area contributed by atoms with E-state index in [2.05, 4.69) is 10.3 Å². The normalized spacial score (nSPS) is 11.9. The van der Waals surface area contributed by atoms with Crippen molar-refractivity contribution in [2.75, 3.05) is 0 Å². The lowest BCUT2D eigenvalue weighted by Crippen LogP contribution is -2.27. The average Bonchev–Trinajstić information content (AvgIpc) is 2.74. The summed E-state index contributed by atoms with van der Waals surface area (Å²) in [5, 5.41) is 4.43. The largest absolute Gasteiger partial charge is 0.344 e. The molecule has 5 heteroatoms. The molecule has 2 aromatic carbocycles. The summed E-state index contributed by atoms with van der Waals surface area (Å²) in [5.41, 5.74) is 3.57. The first-order valence-corrected chi connectivity index (χ1v) is 9.38. The predicted octanol–water partition coefficient (Wildman–Crippen LogP) is 5.44. The number of carbonyl (C=O) groups excluding carboxylic acids is 1. The van der Waals surface area contributed by atoms with Gasteiger partial charge in [-0.05, 0) is 37.3 Å². The summed E-state index contributed by atoms with van der Waals surface area (Å²) in [5.74, 6) is -0.176. The summed E-state index contributed by atoms with van der Waals surface area (Å²) in [6.45, 7) is 1.92. The SMILES string of the molecule is CC(NC(=O)c1cc(-c2ccccc2Cl)nc2ccccc12)c1ccccn1. The predicted molar refractivity (Wildman–Crippen MR) is 112 cm³/mol. The second-order valence-electron chi connectivity index (χ2n) is 6.50. The summed E-state index contributed by atoms with van der Waals surface area (Å²) < 4.78 is 0. The Morgan fingerprint density at radius 2 is 1.75 bits per heavy atom. The minimum absolute atomic E-state index is 0.176. The first kappa shape index (κ1) is 18.1. The highest BCUT2D eigenvalue weighted by Gasteiger charge is 2.17. The highest BCUT2D eigenvalue weighted by atomic mass is 35.5. The van der Waals surface area contributed by atoms with Crippen molar-refractivity contribution in [2.45, 2.75) is 13.0 Å². The summed E-state index contributed by atoms with van der Waals surface area (Å²) in [4.78, 5) is 22.1. The van der Waals surface area contributed by atoms with Crippen LogP contribution in [0.2, 0.25) is 5.02 Å². The second-order valence-corrected chi connectivity index (χ2v) is 6.91. The fourth-order valence-electron chi connectivity index (χ4n) is 3.15. The number of aromatic nitrogens is 2. The standard InChI is InChI=1S/C23H18ClN3O/c1-15(20-11-6-7-13-25-20)26-23(28)18-14-22(17-9-2-4-10-19(17)24)27-21-12-5-3-8-16(18)21/h2-15H,1H3,(H,26,28). The van der Waals surface area contributed by atoms with Gasteiger partial charge in [0.2, 0.25) is 0 Å². The molecule has 0 saturated heterocycles. The lowest BCUT2D eigenvalue weighted by Gasteiger charge is -2.15. The van der Waals surface area contributed by atoms with E-state index >= 15 is 0 Å². The van der Waals surface area contributed by atoms with Crippen LogP contribution < -0.4 is 5.32 Å². The van der Waals surface area contributed by atoms with Crippen molar-refractivity contribution in [3.63, 3.8) is 0 Å². The molecular weight excluding hydrogens is 370 g/mol. The Kier molecular flexibility index (Phi) is 5.04. The number of hydrogen-bond acceptors (Lipinski definition) is 3. The van der Waals surface area contributed by atoms with Crippen LogP contribution >= 0.6 is 11.6 Å². The fourth-order valence-corrected chi connectivity index (χ4v) is 3.38. The summed E-state index contributed by atoms with van der Waals surface area (Å²) in [6.07, 6.45) is 1.72. The third-order valence-corrected chi connectivity index (χ3v) is 4.92. The van der Waals surface area contributed by atoms with E-state index in [1.165, 1.54) is 0 Å². The van der Waals surface area contributed by atoms with E-state index in [0.29, 0.717) is 16.3 Å². The molecule has 1 amide bonds. The number of carbonyl (C=O) groups is 1. The quantitative estimate of drug-likeness (QED) is 0.507. The molecule has 28 heavy (non-hydrogen) atoms. The van der Waals surface area contributed by atoms with Crippen molar-refractivity contribution in [2.24, 2.45) is 0 Å². The van der Waals surface area contributed by atoms with Crippen molar-refractivity contribution in [1.82, 2.24) is 15.3 Å². The molecule has 0 saturated carbocycles. The monoisotopic (exact) mass is 387 g/mol. The van der Waals surface area contributed by atoms with Gasteiger partial charge in [-0.15, -0.1) is 0 Å². The molecule has 4 aromatic rings. The van der Waals surface area contributed by atoms with Gasteiger partial charge in [0, 0.05) is 22.2 Å². The number of para-hydroxylation sites is 1. The van der Waals surface area contributed by atoms with Crippen LogP contribution in [0.4, 0.5) is 0 Å². The molecule has 4 rings (SSSR count). The number of hydrogen-bond donors (Lipinski definition) is 1. The lowest BCUT2D eigenvalue weighted by atomic mass is 10.0. The maximum absolute atomic E-state index is 13.1. The topological polar surface area (TPSA) is 54.9 Å². The lowest BCUT2D eigenvalue weighted by molar-refractivity contribution is 0.0941. The van der Waals surface area contributed by atoms with Crippen molar-refractivity contribution in [3.05, 3.63) is 95.3 Å². The Bertz CT molecular complexity index is 1140. The summed E-state index contributed by atoms with van der Waals surface area (Å²) in [7, 11) is 0. The van der Waals surface area contributed by atoms with Crippen molar-refractivity contribution < 1.29 is 4.79 Å². The zero-order chi connectivity index (χ0) is 19.5. The van der Waals surface area contributed by atoms with Crippen LogP contribution in [0.5, 0.6) is 0 Å². The number of halogens is 1. The average molecular weight is 388 g/mol. The molecular formula is C23H18ClN3O. The van der Waals surface area contributed by atoms with E-state index in [4.69, 9.17) is 16.6 Å². The van der Waals surface area contributed by atoms with E-state index < -0.39 is 0 Å². The van der Waals surface area contributed by atoms with Gasteiger partial charge in [-0.1, -0.05) is 54.1 Å². The number of nitrogens with zero attached hydrogens (tertiary/aromatic N) is 2. The Morgan fingerprint density at radius 1 is 1.00 bits per heavy atom. The molecule has 0 aliphatic heterocycles. The maximum Gasteiger partial charge on any atom is 0.252 e. The summed E-state index contributed by atoms with van der Waals surface area (Å²) in [6, 6.07) is 22.3. The van der Waals surface area contributed by atoms with Gasteiger partial charge in [0.05, 0.1) is 28.5 Å². The number of fused-ring (bicyclic) bond motifs is 1. The van der Waals surface area contributed by atoms with Crippen LogP contribution in [-0.4, -0.2) is 15.9 Å². The van der Waals surface area contributed by atoms with Gasteiger partial charge in [-0.3, -0.25) is 9.78 Å². The smallest absolute Gasteiger partial charge is 0.252 e. The third-order valence-electron chi connectivity index (χ3n) is 4.59. The van der Waals surface area contributed by atoms with Gasteiger partial charge in [-0.2, -0.15) is 0 Å². The van der Waals surface area contributed by atoms with Crippen LogP contribution in [0.25, 0.3) is 22.2 Å². The second kappa shape index (κ2) is 7.79. The first-order valence-electron chi connectivity index (χ1n) is 9.00. The highest BCUT2D eigenvalue weighted by molar-refractivity contribution is 6.33. The minimum Gasteiger partial charge on any atom is -0.344 e. The highest BCUT2D eigenvalue weighted by Crippen LogP contribution is 2.30. The maximum atomic E-state index is 13.1. The molecule has 2 heterocycles. The van der Waals surface area contributed by atoms with Gasteiger partial charge in [0.15, 0.2) is 0 Å². The number of pyridine rings is 2. The Balaban J connectivity index is 1.77. The molecule has 1 unspecified atom stereocenters. The van der Waals surface area contributed by atoms with E-state index in [1.54, 1.807) is 12.3 Å². The van der Waals surface area contributed by atoms with Crippen LogP contribution in [0, 0.1) is 0 Å². The minimum atomic E-state index is -0.218. The molecule has 1 atom stereocenters. The molecule has 0 spiro atoms. The number of nitrogens with one attached hydrogen (secondary N) is 1. The fraction of sp³-hybridized carbons (Fsp3) is 0.0870. The first-order chi connectivity index (χ1) is 13.6. The Morgan fingerprint density at radius 3 is 2.54 bits per heavy atom. The van der Waals surface area contributed by atoms with Gasteiger partial charge in [0.1, 0.15) is 0 Å². The molecule has 138 valence electrons. The number of rotatable bonds is 4. The van der Waals surface area contributed by atoms with Crippen LogP contribution in [0.3, 0.4) is 0 Å². The van der Waals surface area contributed by atoms with Crippen LogP contribution in [0.15, 0.2) is 79.0 Å². The molecule has 0 radical (unpaired) electrons. The van der Waals surface area contributed by atoms with Crippen molar-refractivity contribution in [1.29, 1.82) is 0 Å². The van der Waals surface area contributed by atoms with Crippen molar-refractivity contribution in [3.8, 4) is 11.3 Å².